The largest absolute Gasteiger partial charge is 0.347 e. The number of carbonyl (C=O) groups excluding carboxylic acids is 1. The average Bonchev–Trinajstić information content (AvgIpc) is 3.22. The third-order valence-electron chi connectivity index (χ3n) is 8.48. The quantitative estimate of drug-likeness (QED) is 0.645. The van der Waals surface area contributed by atoms with Crippen molar-refractivity contribution in [2.24, 2.45) is 29.1 Å². The van der Waals surface area contributed by atoms with Crippen molar-refractivity contribution in [2.45, 2.75) is 64.6 Å². The first-order valence-corrected chi connectivity index (χ1v) is 10.8. The SMILES string of the molecule is C=C[C@@H]1CC2C3CCC4=C(CCC5(C4)OCCO5)C3=CC[C@]2(C)C1C(C)=O. The topological polar surface area (TPSA) is 35.5 Å². The lowest BCUT2D eigenvalue weighted by molar-refractivity contribution is -0.164. The van der Waals surface area contributed by atoms with Gasteiger partial charge >= 0.3 is 0 Å². The van der Waals surface area contributed by atoms with Crippen molar-refractivity contribution in [3.63, 3.8) is 0 Å². The first-order valence-electron chi connectivity index (χ1n) is 10.8. The van der Waals surface area contributed by atoms with E-state index in [-0.39, 0.29) is 17.1 Å². The molecule has 0 aromatic heterocycles. The number of Topliss-reactive ketones (excluding diaryl/α,β-unsaturated/α-hetero) is 1. The summed E-state index contributed by atoms with van der Waals surface area (Å²) < 4.78 is 12.0. The molecule has 1 saturated heterocycles. The van der Waals surface area contributed by atoms with Crippen molar-refractivity contribution in [1.29, 1.82) is 0 Å². The average molecular weight is 369 g/mol. The number of ether oxygens (including phenoxy) is 2. The van der Waals surface area contributed by atoms with Gasteiger partial charge in [0.1, 0.15) is 5.78 Å². The molecule has 0 bridgehead atoms. The highest BCUT2D eigenvalue weighted by Gasteiger charge is 2.57. The predicted octanol–water partition coefficient (Wildman–Crippen LogP) is 4.98. The molecular formula is C24H32O3. The highest BCUT2D eigenvalue weighted by molar-refractivity contribution is 5.80. The van der Waals surface area contributed by atoms with Crippen LogP contribution in [0.5, 0.6) is 0 Å². The summed E-state index contributed by atoms with van der Waals surface area (Å²) in [5.74, 6) is 1.74. The minimum Gasteiger partial charge on any atom is -0.347 e. The molecule has 4 aliphatic carbocycles. The molecule has 0 aromatic carbocycles. The monoisotopic (exact) mass is 368 g/mol. The molecule has 2 fully saturated rings. The van der Waals surface area contributed by atoms with Crippen LogP contribution in [0.25, 0.3) is 0 Å². The van der Waals surface area contributed by atoms with Gasteiger partial charge in [0.25, 0.3) is 0 Å². The minimum absolute atomic E-state index is 0.102. The second-order valence-electron chi connectivity index (χ2n) is 9.71. The molecule has 5 atom stereocenters. The Balaban J connectivity index is 1.48. The van der Waals surface area contributed by atoms with Crippen LogP contribution in [0, 0.1) is 29.1 Å². The van der Waals surface area contributed by atoms with Gasteiger partial charge in [0, 0.05) is 18.8 Å². The Bertz CT molecular complexity index is 739. The van der Waals surface area contributed by atoms with Crippen LogP contribution >= 0.6 is 0 Å². The van der Waals surface area contributed by atoms with Crippen LogP contribution < -0.4 is 0 Å². The van der Waals surface area contributed by atoms with Gasteiger partial charge in [-0.15, -0.1) is 6.58 Å². The van der Waals surface area contributed by atoms with E-state index in [4.69, 9.17) is 9.47 Å². The van der Waals surface area contributed by atoms with E-state index < -0.39 is 0 Å². The molecule has 3 nitrogen and oxygen atoms in total. The van der Waals surface area contributed by atoms with E-state index in [1.807, 2.05) is 0 Å². The van der Waals surface area contributed by atoms with Gasteiger partial charge in [-0.05, 0) is 73.3 Å². The molecule has 5 rings (SSSR count). The second kappa shape index (κ2) is 6.15. The van der Waals surface area contributed by atoms with Gasteiger partial charge in [-0.1, -0.05) is 24.6 Å². The fraction of sp³-hybridized carbons (Fsp3) is 0.708. The second-order valence-corrected chi connectivity index (χ2v) is 9.71. The number of carbonyl (C=O) groups is 1. The summed E-state index contributed by atoms with van der Waals surface area (Å²) in [6.07, 6.45) is 12.1. The molecule has 1 aliphatic heterocycles. The van der Waals surface area contributed by atoms with Crippen LogP contribution in [0.2, 0.25) is 0 Å². The fourth-order valence-electron chi connectivity index (χ4n) is 7.39. The molecule has 0 radical (unpaired) electrons. The van der Waals surface area contributed by atoms with Gasteiger partial charge in [-0.25, -0.2) is 0 Å². The summed E-state index contributed by atoms with van der Waals surface area (Å²) in [6, 6.07) is 0. The van der Waals surface area contributed by atoms with Gasteiger partial charge < -0.3 is 9.47 Å². The lowest BCUT2D eigenvalue weighted by atomic mass is 9.56. The van der Waals surface area contributed by atoms with Crippen molar-refractivity contribution >= 4 is 5.78 Å². The highest BCUT2D eigenvalue weighted by Crippen LogP contribution is 2.63. The van der Waals surface area contributed by atoms with Crippen molar-refractivity contribution in [3.8, 4) is 0 Å². The Morgan fingerprint density at radius 1 is 1.30 bits per heavy atom. The lowest BCUT2D eigenvalue weighted by Gasteiger charge is -2.48. The van der Waals surface area contributed by atoms with Gasteiger partial charge in [-0.2, -0.15) is 0 Å². The van der Waals surface area contributed by atoms with E-state index in [1.165, 1.54) is 12.8 Å². The standard InChI is InChI=1S/C24H32O3/c1-4-16-13-21-20-6-5-17-14-24(26-11-12-27-24)10-8-18(17)19(20)7-9-23(21,3)22(16)15(2)25/h4,7,16,20-22H,1,5-6,8-14H2,2-3H3/t16-,20?,21?,22?,23+/m1/s1. The maximum Gasteiger partial charge on any atom is 0.172 e. The number of ketones is 1. The van der Waals surface area contributed by atoms with Crippen LogP contribution in [-0.2, 0) is 14.3 Å². The van der Waals surface area contributed by atoms with Crippen LogP contribution in [0.3, 0.4) is 0 Å². The van der Waals surface area contributed by atoms with Gasteiger partial charge in [0.05, 0.1) is 13.2 Å². The Morgan fingerprint density at radius 2 is 2.07 bits per heavy atom. The zero-order valence-electron chi connectivity index (χ0n) is 16.8. The summed E-state index contributed by atoms with van der Waals surface area (Å²) in [6.45, 7) is 9.71. The Kier molecular flexibility index (Phi) is 4.07. The number of hydrogen-bond donors (Lipinski definition) is 0. The van der Waals surface area contributed by atoms with Gasteiger partial charge in [-0.3, -0.25) is 4.79 Å². The predicted molar refractivity (Wildman–Crippen MR) is 105 cm³/mol. The molecule has 0 amide bonds. The number of hydrogen-bond acceptors (Lipinski definition) is 3. The third-order valence-corrected chi connectivity index (χ3v) is 8.48. The first kappa shape index (κ1) is 17.9. The molecule has 1 heterocycles. The first-order chi connectivity index (χ1) is 13.0. The van der Waals surface area contributed by atoms with Gasteiger partial charge in [0.2, 0.25) is 0 Å². The molecule has 3 unspecified atom stereocenters. The molecule has 0 aromatic rings. The van der Waals surface area contributed by atoms with Crippen molar-refractivity contribution in [1.82, 2.24) is 0 Å². The lowest BCUT2D eigenvalue weighted by Crippen LogP contribution is -2.42. The summed E-state index contributed by atoms with van der Waals surface area (Å²) in [4.78, 5) is 12.5. The molecule has 27 heavy (non-hydrogen) atoms. The number of rotatable bonds is 2. The summed E-state index contributed by atoms with van der Waals surface area (Å²) in [5, 5.41) is 0. The minimum atomic E-state index is -0.323. The molecule has 1 spiro atoms. The molecule has 146 valence electrons. The molecule has 1 saturated carbocycles. The maximum atomic E-state index is 12.5. The zero-order chi connectivity index (χ0) is 18.8. The zero-order valence-corrected chi connectivity index (χ0v) is 16.8. The van der Waals surface area contributed by atoms with E-state index in [2.05, 4.69) is 25.7 Å². The molecule has 3 heteroatoms. The highest BCUT2D eigenvalue weighted by atomic mass is 16.7. The normalized spacial score (nSPS) is 42.4. The van der Waals surface area contributed by atoms with Crippen molar-refractivity contribution in [3.05, 3.63) is 35.5 Å². The third kappa shape index (κ3) is 2.50. The summed E-state index contributed by atoms with van der Waals surface area (Å²) >= 11 is 0. The summed E-state index contributed by atoms with van der Waals surface area (Å²) in [5.41, 5.74) is 4.90. The molecular weight excluding hydrogens is 336 g/mol. The van der Waals surface area contributed by atoms with Gasteiger partial charge in [0.15, 0.2) is 5.79 Å². The smallest absolute Gasteiger partial charge is 0.172 e. The Labute approximate surface area is 162 Å². The maximum absolute atomic E-state index is 12.5. The van der Waals surface area contributed by atoms with Crippen LogP contribution in [0.15, 0.2) is 35.5 Å². The number of fused-ring (bicyclic) bond motifs is 4. The van der Waals surface area contributed by atoms with E-state index in [1.54, 1.807) is 23.6 Å². The number of allylic oxidation sites excluding steroid dienone is 4. The van der Waals surface area contributed by atoms with E-state index in [9.17, 15) is 4.79 Å². The fourth-order valence-corrected chi connectivity index (χ4v) is 7.39. The Morgan fingerprint density at radius 3 is 2.78 bits per heavy atom. The van der Waals surface area contributed by atoms with E-state index >= 15 is 0 Å². The van der Waals surface area contributed by atoms with Crippen molar-refractivity contribution in [2.75, 3.05) is 13.2 Å². The van der Waals surface area contributed by atoms with Crippen molar-refractivity contribution < 1.29 is 14.3 Å². The van der Waals surface area contributed by atoms with Crippen LogP contribution in [0.4, 0.5) is 0 Å². The molecule has 0 N–H and O–H groups in total. The van der Waals surface area contributed by atoms with E-state index in [0.29, 0.717) is 23.5 Å². The van der Waals surface area contributed by atoms with Crippen LogP contribution in [-0.4, -0.2) is 24.8 Å². The Hall–Kier alpha value is -1.19. The summed E-state index contributed by atoms with van der Waals surface area (Å²) in [7, 11) is 0. The molecule has 5 aliphatic rings. The van der Waals surface area contributed by atoms with E-state index in [0.717, 1.165) is 45.3 Å². The van der Waals surface area contributed by atoms with Crippen LogP contribution in [0.1, 0.15) is 58.8 Å².